The van der Waals surface area contributed by atoms with Crippen molar-refractivity contribution in [3.05, 3.63) is 59.9 Å². The van der Waals surface area contributed by atoms with Crippen LogP contribution in [0.4, 0.5) is 5.69 Å². The summed E-state index contributed by atoms with van der Waals surface area (Å²) in [5.41, 5.74) is 2.87. The van der Waals surface area contributed by atoms with Crippen molar-refractivity contribution in [1.82, 2.24) is 10.1 Å². The Kier molecular flexibility index (Phi) is 4.62. The van der Waals surface area contributed by atoms with E-state index in [2.05, 4.69) is 10.1 Å². The fourth-order valence-electron chi connectivity index (χ4n) is 3.32. The van der Waals surface area contributed by atoms with Crippen LogP contribution >= 0.6 is 0 Å². The number of carbonyl (C=O) groups is 1. The van der Waals surface area contributed by atoms with Crippen molar-refractivity contribution in [2.45, 2.75) is 26.2 Å². The van der Waals surface area contributed by atoms with Gasteiger partial charge in [0.05, 0.1) is 6.61 Å². The number of carbonyl (C=O) groups excluding carboxylic acids is 1. The van der Waals surface area contributed by atoms with Crippen LogP contribution in [0.15, 0.2) is 53.1 Å². The summed E-state index contributed by atoms with van der Waals surface area (Å²) in [5, 5.41) is 4.12. The predicted molar refractivity (Wildman–Crippen MR) is 102 cm³/mol. The van der Waals surface area contributed by atoms with Crippen LogP contribution in [-0.2, 0) is 4.79 Å². The van der Waals surface area contributed by atoms with Gasteiger partial charge in [-0.1, -0.05) is 22.9 Å². The number of aromatic nitrogens is 2. The average Bonchev–Trinajstić information content (AvgIpc) is 3.30. The lowest BCUT2D eigenvalue weighted by molar-refractivity contribution is -0.117. The maximum absolute atomic E-state index is 12.5. The molecule has 138 valence electrons. The molecule has 1 amide bonds. The molecule has 0 saturated carbocycles. The second-order valence-electron chi connectivity index (χ2n) is 6.66. The lowest BCUT2D eigenvalue weighted by atomic mass is 10.1. The van der Waals surface area contributed by atoms with Crippen LogP contribution in [0.1, 0.15) is 30.7 Å². The van der Waals surface area contributed by atoms with Gasteiger partial charge in [0, 0.05) is 30.1 Å². The molecule has 1 atom stereocenters. The molecule has 0 N–H and O–H groups in total. The molecule has 3 aromatic rings. The minimum Gasteiger partial charge on any atom is -0.494 e. The van der Waals surface area contributed by atoms with Crippen LogP contribution in [0.5, 0.6) is 5.75 Å². The smallest absolute Gasteiger partial charge is 0.257 e. The molecule has 2 aromatic carbocycles. The van der Waals surface area contributed by atoms with Gasteiger partial charge in [0.25, 0.3) is 5.89 Å². The molecule has 27 heavy (non-hydrogen) atoms. The maximum Gasteiger partial charge on any atom is 0.257 e. The van der Waals surface area contributed by atoms with Gasteiger partial charge >= 0.3 is 0 Å². The molecule has 0 spiro atoms. The maximum atomic E-state index is 12.5. The standard InChI is InChI=1S/C21H21N3O3/c1-3-26-18-9-7-17(8-10-18)24-13-16(12-19(24)25)20-22-21(27-23-20)15-6-4-5-14(2)11-15/h4-11,16H,3,12-13H2,1-2H3. The van der Waals surface area contributed by atoms with E-state index in [1.165, 1.54) is 0 Å². The average molecular weight is 363 g/mol. The van der Waals surface area contributed by atoms with Gasteiger partial charge in [-0.2, -0.15) is 4.98 Å². The second-order valence-corrected chi connectivity index (χ2v) is 6.66. The SMILES string of the molecule is CCOc1ccc(N2CC(c3noc(-c4cccc(C)c4)n3)CC2=O)cc1. The second kappa shape index (κ2) is 7.23. The largest absolute Gasteiger partial charge is 0.494 e. The molecule has 1 fully saturated rings. The summed E-state index contributed by atoms with van der Waals surface area (Å²) in [6.07, 6.45) is 0.375. The Labute approximate surface area is 157 Å². The van der Waals surface area contributed by atoms with Crippen LogP contribution < -0.4 is 9.64 Å². The Morgan fingerprint density at radius 2 is 2.04 bits per heavy atom. The lowest BCUT2D eigenvalue weighted by Crippen LogP contribution is -2.24. The molecular formula is C21H21N3O3. The van der Waals surface area contributed by atoms with E-state index in [0.29, 0.717) is 31.3 Å². The summed E-state index contributed by atoms with van der Waals surface area (Å²) in [5.74, 6) is 1.84. The van der Waals surface area contributed by atoms with Crippen molar-refractivity contribution in [2.24, 2.45) is 0 Å². The van der Waals surface area contributed by atoms with E-state index < -0.39 is 0 Å². The summed E-state index contributed by atoms with van der Waals surface area (Å²) in [6.45, 7) is 5.12. The highest BCUT2D eigenvalue weighted by atomic mass is 16.5. The van der Waals surface area contributed by atoms with Crippen LogP contribution in [0.3, 0.4) is 0 Å². The van der Waals surface area contributed by atoms with E-state index in [1.54, 1.807) is 4.90 Å². The van der Waals surface area contributed by atoms with Crippen molar-refractivity contribution in [3.8, 4) is 17.2 Å². The van der Waals surface area contributed by atoms with Crippen molar-refractivity contribution < 1.29 is 14.1 Å². The van der Waals surface area contributed by atoms with E-state index in [-0.39, 0.29) is 11.8 Å². The number of nitrogens with zero attached hydrogens (tertiary/aromatic N) is 3. The zero-order chi connectivity index (χ0) is 18.8. The van der Waals surface area contributed by atoms with E-state index in [4.69, 9.17) is 9.26 Å². The summed E-state index contributed by atoms with van der Waals surface area (Å²) < 4.78 is 10.9. The minimum atomic E-state index is -0.0774. The number of hydrogen-bond acceptors (Lipinski definition) is 5. The van der Waals surface area contributed by atoms with E-state index in [9.17, 15) is 4.79 Å². The fourth-order valence-corrected chi connectivity index (χ4v) is 3.32. The molecular weight excluding hydrogens is 342 g/mol. The molecule has 1 aliphatic heterocycles. The van der Waals surface area contributed by atoms with Crippen molar-refractivity contribution >= 4 is 11.6 Å². The molecule has 0 bridgehead atoms. The van der Waals surface area contributed by atoms with E-state index in [0.717, 1.165) is 22.6 Å². The molecule has 2 heterocycles. The number of ether oxygens (including phenoxy) is 1. The highest BCUT2D eigenvalue weighted by Crippen LogP contribution is 2.32. The molecule has 1 aromatic heterocycles. The molecule has 1 aliphatic rings. The number of amides is 1. The Morgan fingerprint density at radius 1 is 1.22 bits per heavy atom. The molecule has 1 unspecified atom stereocenters. The highest BCUT2D eigenvalue weighted by molar-refractivity contribution is 5.96. The van der Waals surface area contributed by atoms with Gasteiger partial charge in [-0.15, -0.1) is 0 Å². The molecule has 4 rings (SSSR count). The van der Waals surface area contributed by atoms with Crippen LogP contribution in [0.2, 0.25) is 0 Å². The minimum absolute atomic E-state index is 0.0612. The number of aryl methyl sites for hydroxylation is 1. The number of rotatable bonds is 5. The van der Waals surface area contributed by atoms with Gasteiger partial charge in [0.15, 0.2) is 5.82 Å². The molecule has 6 nitrogen and oxygen atoms in total. The zero-order valence-corrected chi connectivity index (χ0v) is 15.4. The number of anilines is 1. The Morgan fingerprint density at radius 3 is 2.78 bits per heavy atom. The van der Waals surface area contributed by atoms with Gasteiger partial charge in [0.1, 0.15) is 5.75 Å². The Balaban J connectivity index is 1.51. The predicted octanol–water partition coefficient (Wildman–Crippen LogP) is 3.96. The van der Waals surface area contributed by atoms with Crippen molar-refractivity contribution in [1.29, 1.82) is 0 Å². The first-order chi connectivity index (χ1) is 13.1. The summed E-state index contributed by atoms with van der Waals surface area (Å²) in [7, 11) is 0. The normalized spacial score (nSPS) is 16.7. The van der Waals surface area contributed by atoms with Gasteiger partial charge in [-0.05, 0) is 50.2 Å². The van der Waals surface area contributed by atoms with Crippen LogP contribution in [0.25, 0.3) is 11.5 Å². The number of benzene rings is 2. The topological polar surface area (TPSA) is 68.5 Å². The van der Waals surface area contributed by atoms with Crippen molar-refractivity contribution in [2.75, 3.05) is 18.1 Å². The van der Waals surface area contributed by atoms with Gasteiger partial charge in [-0.3, -0.25) is 4.79 Å². The fraction of sp³-hybridized carbons (Fsp3) is 0.286. The monoisotopic (exact) mass is 363 g/mol. The third kappa shape index (κ3) is 3.56. The Hall–Kier alpha value is -3.15. The summed E-state index contributed by atoms with van der Waals surface area (Å²) in [4.78, 5) is 18.8. The third-order valence-electron chi connectivity index (χ3n) is 4.66. The molecule has 0 aliphatic carbocycles. The first kappa shape index (κ1) is 17.3. The zero-order valence-electron chi connectivity index (χ0n) is 15.4. The molecule has 0 radical (unpaired) electrons. The summed E-state index contributed by atoms with van der Waals surface area (Å²) in [6, 6.07) is 15.5. The van der Waals surface area contributed by atoms with Gasteiger partial charge in [0.2, 0.25) is 5.91 Å². The molecule has 1 saturated heterocycles. The van der Waals surface area contributed by atoms with Crippen LogP contribution in [-0.4, -0.2) is 29.2 Å². The van der Waals surface area contributed by atoms with Crippen molar-refractivity contribution in [3.63, 3.8) is 0 Å². The molecule has 6 heteroatoms. The third-order valence-corrected chi connectivity index (χ3v) is 4.66. The summed E-state index contributed by atoms with van der Waals surface area (Å²) >= 11 is 0. The van der Waals surface area contributed by atoms with E-state index >= 15 is 0 Å². The van der Waals surface area contributed by atoms with E-state index in [1.807, 2.05) is 62.4 Å². The lowest BCUT2D eigenvalue weighted by Gasteiger charge is -2.16. The first-order valence-corrected chi connectivity index (χ1v) is 9.08. The van der Waals surface area contributed by atoms with Crippen LogP contribution in [0, 0.1) is 6.92 Å². The van der Waals surface area contributed by atoms with Gasteiger partial charge in [-0.25, -0.2) is 0 Å². The highest BCUT2D eigenvalue weighted by Gasteiger charge is 2.34. The number of hydrogen-bond donors (Lipinski definition) is 0. The Bertz CT molecular complexity index is 949. The quantitative estimate of drug-likeness (QED) is 0.686. The van der Waals surface area contributed by atoms with Gasteiger partial charge < -0.3 is 14.2 Å². The first-order valence-electron chi connectivity index (χ1n) is 9.08.